The number of hydrogen-bond donors (Lipinski definition) is 3. The minimum Gasteiger partial charge on any atom is -0.382 e. The minimum absolute atomic E-state index is 0.0328. The maximum Gasteiger partial charge on any atom is 0.472 e. The molecule has 0 amide bonds. The molecule has 18 nitrogen and oxygen atoms in total. The molecule has 4 aromatic rings. The van der Waals surface area contributed by atoms with Crippen LogP contribution in [0.3, 0.4) is 0 Å². The summed E-state index contributed by atoms with van der Waals surface area (Å²) < 4.78 is 80.2. The van der Waals surface area contributed by atoms with Crippen LogP contribution in [0.2, 0.25) is 0 Å². The minimum atomic E-state index is -5.05. The van der Waals surface area contributed by atoms with E-state index in [1.165, 1.54) is 28.1 Å². The first-order valence-electron chi connectivity index (χ1n) is 12.9. The van der Waals surface area contributed by atoms with Gasteiger partial charge in [-0.2, -0.15) is 0 Å². The van der Waals surface area contributed by atoms with Crippen molar-refractivity contribution in [3.8, 4) is 0 Å². The Labute approximate surface area is 250 Å². The number of rotatable bonds is 2. The molecule has 3 aliphatic heterocycles. The van der Waals surface area contributed by atoms with Gasteiger partial charge in [0.15, 0.2) is 41.9 Å². The monoisotopic (exact) mass is 677 g/mol. The van der Waals surface area contributed by atoms with Crippen LogP contribution in [-0.2, 0) is 43.9 Å². The van der Waals surface area contributed by atoms with Gasteiger partial charge in [0, 0.05) is 0 Å². The fourth-order valence-electron chi connectivity index (χ4n) is 5.27. The van der Waals surface area contributed by atoms with Gasteiger partial charge in [-0.15, -0.1) is 0 Å². The van der Waals surface area contributed by atoms with Gasteiger partial charge in [-0.1, -0.05) is 0 Å². The zero-order valence-electron chi connectivity index (χ0n) is 22.3. The third-order valence-electron chi connectivity index (χ3n) is 7.32. The second-order valence-electron chi connectivity index (χ2n) is 10.1. The first-order chi connectivity index (χ1) is 20.9. The van der Waals surface area contributed by atoms with E-state index in [0.29, 0.717) is 11.2 Å². The number of aromatic nitrogens is 8. The van der Waals surface area contributed by atoms with Crippen molar-refractivity contribution in [3.63, 3.8) is 0 Å². The molecule has 3 saturated heterocycles. The van der Waals surface area contributed by atoms with Crippen molar-refractivity contribution in [2.45, 2.75) is 56.1 Å². The van der Waals surface area contributed by atoms with Crippen LogP contribution >= 0.6 is 14.5 Å². The number of nitrogen functional groups attached to an aromatic ring is 1. The van der Waals surface area contributed by atoms with Crippen LogP contribution in [0.4, 0.5) is 14.6 Å². The molecule has 4 N–H and O–H groups in total. The summed E-state index contributed by atoms with van der Waals surface area (Å²) in [6, 6.07) is 0. The zero-order valence-corrected chi connectivity index (χ0v) is 24.9. The number of nitrogens with two attached hydrogens (primary N) is 1. The largest absolute Gasteiger partial charge is 0.472 e. The van der Waals surface area contributed by atoms with E-state index in [0.717, 1.165) is 6.33 Å². The Morgan fingerprint density at radius 1 is 0.864 bits per heavy atom. The smallest absolute Gasteiger partial charge is 0.382 e. The number of aryl methyl sites for hydroxylation is 1. The molecule has 7 rings (SSSR count). The van der Waals surface area contributed by atoms with Crippen molar-refractivity contribution < 1.29 is 50.7 Å². The standard InChI is InChI=1S/C21H23F2N9O9P2S/c1-8-13-18(27-4-25-8)31(6-29-13)21-12(23)16-9(38-21)2-36-42(33,34)40-15-10(3-37-43(35,44)41-16)39-20(11(15)22)32-7-30-14-17(24)26-5-28-19(14)32/h4-7,9-12,15-16,20-21H,2-3H2,1H3,(H,33,34)(H,35,44)(H2,24,26,28)/t9-,10-,11-,12-,15-,16-,20-,21-,43?/m1/s1. The van der Waals surface area contributed by atoms with Gasteiger partial charge in [0.05, 0.1) is 31.6 Å². The molecular formula is C21H23F2N9O9P2S. The van der Waals surface area contributed by atoms with E-state index in [4.69, 9.17) is 45.1 Å². The van der Waals surface area contributed by atoms with Gasteiger partial charge in [0.2, 0.25) is 0 Å². The molecule has 0 saturated carbocycles. The van der Waals surface area contributed by atoms with Crippen molar-refractivity contribution in [1.29, 1.82) is 0 Å². The Morgan fingerprint density at radius 3 is 2.07 bits per heavy atom. The molecule has 4 aromatic heterocycles. The van der Waals surface area contributed by atoms with Crippen molar-refractivity contribution in [3.05, 3.63) is 31.0 Å². The summed E-state index contributed by atoms with van der Waals surface area (Å²) >= 11 is 5.13. The quantitative estimate of drug-likeness (QED) is 0.253. The van der Waals surface area contributed by atoms with Crippen LogP contribution < -0.4 is 5.73 Å². The highest BCUT2D eigenvalue weighted by atomic mass is 32.5. The van der Waals surface area contributed by atoms with E-state index in [2.05, 4.69) is 29.9 Å². The molecule has 3 fully saturated rings. The van der Waals surface area contributed by atoms with Crippen molar-refractivity contribution in [2.75, 3.05) is 18.9 Å². The summed E-state index contributed by atoms with van der Waals surface area (Å²) in [5, 5.41) is 0. The molecule has 3 aliphatic rings. The number of alkyl halides is 2. The lowest BCUT2D eigenvalue weighted by molar-refractivity contribution is -0.0623. The van der Waals surface area contributed by atoms with Gasteiger partial charge in [0.25, 0.3) is 0 Å². The number of halogens is 2. The van der Waals surface area contributed by atoms with Crippen LogP contribution in [0.15, 0.2) is 25.3 Å². The molecule has 0 bridgehead atoms. The van der Waals surface area contributed by atoms with Crippen LogP contribution in [0.1, 0.15) is 18.1 Å². The Kier molecular flexibility index (Phi) is 7.49. The summed E-state index contributed by atoms with van der Waals surface area (Å²) in [6.07, 6.45) is -8.42. The summed E-state index contributed by atoms with van der Waals surface area (Å²) in [5.74, 6) is 0.0328. The lowest BCUT2D eigenvalue weighted by Crippen LogP contribution is -2.37. The third kappa shape index (κ3) is 5.21. The maximum absolute atomic E-state index is 16.0. The number of fused-ring (bicyclic) bond motifs is 4. The van der Waals surface area contributed by atoms with E-state index < -0.39 is 77.0 Å². The molecule has 2 unspecified atom stereocenters. The van der Waals surface area contributed by atoms with E-state index in [9.17, 15) is 14.4 Å². The summed E-state index contributed by atoms with van der Waals surface area (Å²) in [6.45, 7) is -4.04. The van der Waals surface area contributed by atoms with Gasteiger partial charge in [-0.3, -0.25) is 22.7 Å². The molecule has 10 atom stereocenters. The van der Waals surface area contributed by atoms with Crippen LogP contribution in [0.5, 0.6) is 0 Å². The molecule has 0 aliphatic carbocycles. The molecule has 23 heteroatoms. The average molecular weight is 677 g/mol. The highest BCUT2D eigenvalue weighted by Crippen LogP contribution is 2.54. The first kappa shape index (κ1) is 30.0. The molecule has 44 heavy (non-hydrogen) atoms. The maximum atomic E-state index is 16.0. The topological polar surface area (TPSA) is 226 Å². The van der Waals surface area contributed by atoms with Crippen LogP contribution in [0.25, 0.3) is 22.3 Å². The van der Waals surface area contributed by atoms with Crippen molar-refractivity contribution >= 4 is 54.5 Å². The molecule has 0 aromatic carbocycles. The van der Waals surface area contributed by atoms with Gasteiger partial charge in [-0.05, 0) is 18.7 Å². The van der Waals surface area contributed by atoms with E-state index >= 15 is 8.78 Å². The highest BCUT2D eigenvalue weighted by molar-refractivity contribution is 8.07. The average Bonchev–Trinajstić information content (AvgIpc) is 3.73. The SMILES string of the molecule is Cc1ncnc2c1ncn2[C@@H]1O[C@@H]2COP(=O)(O)O[C@H]3[C@@H](F)[C@H](n4cnc5c(N)ncnc54)O[C@@H]3COP(O)(=S)O[C@H]2[C@H]1F. The Balaban J connectivity index is 1.17. The van der Waals surface area contributed by atoms with Gasteiger partial charge in [-0.25, -0.2) is 43.2 Å². The van der Waals surface area contributed by atoms with Crippen molar-refractivity contribution in [2.24, 2.45) is 0 Å². The predicted molar refractivity (Wildman–Crippen MR) is 145 cm³/mol. The van der Waals surface area contributed by atoms with Crippen LogP contribution in [0, 0.1) is 6.92 Å². The fraction of sp³-hybridized carbons (Fsp3) is 0.524. The zero-order chi connectivity index (χ0) is 31.0. The van der Waals surface area contributed by atoms with E-state index in [1.54, 1.807) is 6.92 Å². The van der Waals surface area contributed by atoms with Crippen LogP contribution in [-0.4, -0.2) is 98.8 Å². The first-order valence-corrected chi connectivity index (χ1v) is 17.0. The number of anilines is 1. The van der Waals surface area contributed by atoms with E-state index in [1.807, 2.05) is 0 Å². The third-order valence-corrected chi connectivity index (χ3v) is 9.87. The summed E-state index contributed by atoms with van der Waals surface area (Å²) in [4.78, 5) is 45.8. The van der Waals surface area contributed by atoms with E-state index in [-0.39, 0.29) is 22.6 Å². The summed E-state index contributed by atoms with van der Waals surface area (Å²) in [7, 11) is -5.05. The van der Waals surface area contributed by atoms with Gasteiger partial charge < -0.3 is 29.5 Å². The number of hydrogen-bond acceptors (Lipinski definition) is 15. The second-order valence-corrected chi connectivity index (χ2v) is 14.3. The van der Waals surface area contributed by atoms with Gasteiger partial charge in [0.1, 0.15) is 48.1 Å². The van der Waals surface area contributed by atoms with Gasteiger partial charge >= 0.3 is 14.5 Å². The predicted octanol–water partition coefficient (Wildman–Crippen LogP) is 1.16. The Hall–Kier alpha value is -2.68. The fourth-order valence-corrected chi connectivity index (χ4v) is 7.66. The Morgan fingerprint density at radius 2 is 1.41 bits per heavy atom. The second kappa shape index (κ2) is 11.0. The number of phosphoric ester groups is 1. The molecule has 236 valence electrons. The normalized spacial score (nSPS) is 38.3. The summed E-state index contributed by atoms with van der Waals surface area (Å²) in [5.41, 5.74) is 7.26. The lowest BCUT2D eigenvalue weighted by atomic mass is 10.1. The Bertz CT molecular complexity index is 1710. The molecule has 7 heterocycles. The number of imidazole rings is 2. The number of ether oxygens (including phenoxy) is 2. The number of nitrogens with zero attached hydrogens (tertiary/aromatic N) is 8. The lowest BCUT2D eigenvalue weighted by Gasteiger charge is -2.28. The molecule has 0 spiro atoms. The highest BCUT2D eigenvalue weighted by Gasteiger charge is 2.54. The van der Waals surface area contributed by atoms with Crippen molar-refractivity contribution in [1.82, 2.24) is 39.0 Å². The number of phosphoric acid groups is 1. The molecule has 0 radical (unpaired) electrons. The molecular weight excluding hydrogens is 654 g/mol.